The van der Waals surface area contributed by atoms with Crippen molar-refractivity contribution in [3.63, 3.8) is 0 Å². The molecule has 176 valence electrons. The van der Waals surface area contributed by atoms with Crippen LogP contribution < -0.4 is 4.74 Å². The van der Waals surface area contributed by atoms with Crippen LogP contribution in [0.4, 0.5) is 13.2 Å². The van der Waals surface area contributed by atoms with Crippen molar-refractivity contribution >= 4 is 9.84 Å². The Balaban J connectivity index is 1.95. The van der Waals surface area contributed by atoms with Crippen LogP contribution in [0.5, 0.6) is 5.75 Å². The molecule has 6 nitrogen and oxygen atoms in total. The first-order valence-corrected chi connectivity index (χ1v) is 11.9. The number of imidazole rings is 1. The van der Waals surface area contributed by atoms with Crippen molar-refractivity contribution in [2.24, 2.45) is 0 Å². The van der Waals surface area contributed by atoms with Crippen LogP contribution >= 0.6 is 0 Å². The number of ether oxygens (including phenoxy) is 1. The van der Waals surface area contributed by atoms with Gasteiger partial charge in [-0.1, -0.05) is 12.1 Å². The summed E-state index contributed by atoms with van der Waals surface area (Å²) in [5, 5.41) is 0. The van der Waals surface area contributed by atoms with Gasteiger partial charge in [0.1, 0.15) is 5.75 Å². The Morgan fingerprint density at radius 2 is 1.74 bits per heavy atom. The molecule has 0 fully saturated rings. The molecule has 0 saturated heterocycles. The molecule has 0 aliphatic heterocycles. The number of methoxy groups -OCH3 is 1. The molecular formula is C24H20F3N3O3S. The quantitative estimate of drug-likeness (QED) is 0.380. The summed E-state index contributed by atoms with van der Waals surface area (Å²) in [5.41, 5.74) is 2.26. The Kier molecular flexibility index (Phi) is 5.94. The molecule has 2 aromatic carbocycles. The monoisotopic (exact) mass is 487 g/mol. The number of nitrogens with zero attached hydrogens (tertiary/aromatic N) is 3. The highest BCUT2D eigenvalue weighted by molar-refractivity contribution is 7.90. The minimum Gasteiger partial charge on any atom is -0.496 e. The van der Waals surface area contributed by atoms with Gasteiger partial charge < -0.3 is 4.74 Å². The van der Waals surface area contributed by atoms with Crippen molar-refractivity contribution in [2.45, 2.75) is 18.0 Å². The molecule has 4 rings (SSSR count). The second-order valence-corrected chi connectivity index (χ2v) is 9.78. The molecule has 34 heavy (non-hydrogen) atoms. The minimum absolute atomic E-state index is 0.0541. The maximum absolute atomic E-state index is 13.6. The van der Waals surface area contributed by atoms with Gasteiger partial charge in [-0.25, -0.2) is 13.4 Å². The van der Waals surface area contributed by atoms with Crippen molar-refractivity contribution in [3.05, 3.63) is 78.5 Å². The number of sulfone groups is 1. The molecule has 0 atom stereocenters. The number of pyridine rings is 1. The van der Waals surface area contributed by atoms with Crippen molar-refractivity contribution in [3.8, 4) is 33.8 Å². The number of hydrogen-bond donors (Lipinski definition) is 0. The van der Waals surface area contributed by atoms with Crippen molar-refractivity contribution in [2.75, 3.05) is 13.4 Å². The van der Waals surface area contributed by atoms with E-state index < -0.39 is 26.5 Å². The maximum atomic E-state index is 13.6. The number of hydrogen-bond acceptors (Lipinski definition) is 5. The molecule has 0 unspecified atom stereocenters. The molecule has 4 aromatic rings. The fourth-order valence-electron chi connectivity index (χ4n) is 3.65. The van der Waals surface area contributed by atoms with Crippen LogP contribution in [0.15, 0.2) is 72.3 Å². The van der Waals surface area contributed by atoms with E-state index in [1.165, 1.54) is 18.6 Å². The van der Waals surface area contributed by atoms with E-state index in [-0.39, 0.29) is 11.3 Å². The first-order valence-electron chi connectivity index (χ1n) is 10.0. The molecule has 0 spiro atoms. The first kappa shape index (κ1) is 23.5. The summed E-state index contributed by atoms with van der Waals surface area (Å²) in [6, 6.07) is 10.2. The Hall–Kier alpha value is -3.66. The van der Waals surface area contributed by atoms with E-state index in [1.807, 2.05) is 25.1 Å². The summed E-state index contributed by atoms with van der Waals surface area (Å²) in [5.74, 6) is 0.618. The van der Waals surface area contributed by atoms with Gasteiger partial charge in [0.05, 0.1) is 47.7 Å². The SMILES string of the molecule is COc1cc(C)ccc1-c1ccncc1-n1cncc1-c1cc(C(F)(F)F)cc(S(C)(=O)=O)c1. The van der Waals surface area contributed by atoms with Gasteiger partial charge in [0.2, 0.25) is 0 Å². The lowest BCUT2D eigenvalue weighted by atomic mass is 10.0. The number of rotatable bonds is 5. The molecule has 0 bridgehead atoms. The van der Waals surface area contributed by atoms with E-state index in [9.17, 15) is 21.6 Å². The Morgan fingerprint density at radius 3 is 2.41 bits per heavy atom. The molecule has 0 aliphatic carbocycles. The second-order valence-electron chi connectivity index (χ2n) is 7.76. The van der Waals surface area contributed by atoms with E-state index in [0.29, 0.717) is 23.1 Å². The molecule has 0 radical (unpaired) electrons. The molecule has 2 heterocycles. The predicted octanol–water partition coefficient (Wildman–Crippen LogP) is 5.34. The van der Waals surface area contributed by atoms with Crippen molar-refractivity contribution in [1.29, 1.82) is 0 Å². The fourth-order valence-corrected chi connectivity index (χ4v) is 4.33. The molecule has 0 amide bonds. The highest BCUT2D eigenvalue weighted by atomic mass is 32.2. The van der Waals surface area contributed by atoms with Gasteiger partial charge >= 0.3 is 6.18 Å². The van der Waals surface area contributed by atoms with E-state index in [2.05, 4.69) is 9.97 Å². The van der Waals surface area contributed by atoms with Gasteiger partial charge in [0, 0.05) is 29.1 Å². The molecular weight excluding hydrogens is 467 g/mol. The molecule has 0 saturated carbocycles. The van der Waals surface area contributed by atoms with Crippen LogP contribution in [0.1, 0.15) is 11.1 Å². The minimum atomic E-state index is -4.73. The van der Waals surface area contributed by atoms with Crippen LogP contribution in [0.2, 0.25) is 0 Å². The summed E-state index contributed by atoms with van der Waals surface area (Å²) in [7, 11) is -2.35. The molecule has 0 aliphatic rings. The number of alkyl halides is 3. The Morgan fingerprint density at radius 1 is 0.971 bits per heavy atom. The van der Waals surface area contributed by atoms with Gasteiger partial charge in [0.15, 0.2) is 9.84 Å². The Bertz CT molecular complexity index is 1480. The zero-order valence-electron chi connectivity index (χ0n) is 18.5. The summed E-state index contributed by atoms with van der Waals surface area (Å²) in [6.45, 7) is 1.93. The first-order chi connectivity index (χ1) is 16.0. The highest BCUT2D eigenvalue weighted by Gasteiger charge is 2.32. The summed E-state index contributed by atoms with van der Waals surface area (Å²) < 4.78 is 72.0. The van der Waals surface area contributed by atoms with Gasteiger partial charge in [-0.2, -0.15) is 13.2 Å². The van der Waals surface area contributed by atoms with Crippen LogP contribution in [-0.4, -0.2) is 36.3 Å². The van der Waals surface area contributed by atoms with Crippen LogP contribution in [0.3, 0.4) is 0 Å². The van der Waals surface area contributed by atoms with E-state index in [0.717, 1.165) is 23.4 Å². The zero-order valence-corrected chi connectivity index (χ0v) is 19.3. The standard InChI is InChI=1S/C24H20F3N3O3S/c1-15-4-5-20(23(8-15)33-2)19-6-7-28-13-22(19)30-14-29-12-21(30)16-9-17(24(25,26)27)11-18(10-16)34(3,31)32/h4-14H,1-3H3. The summed E-state index contributed by atoms with van der Waals surface area (Å²) >= 11 is 0. The third-order valence-corrected chi connectivity index (χ3v) is 6.40. The second kappa shape index (κ2) is 8.60. The molecule has 0 N–H and O–H groups in total. The smallest absolute Gasteiger partial charge is 0.416 e. The topological polar surface area (TPSA) is 74.1 Å². The highest BCUT2D eigenvalue weighted by Crippen LogP contribution is 2.38. The van der Waals surface area contributed by atoms with E-state index in [1.54, 1.807) is 30.1 Å². The number of halogens is 3. The summed E-state index contributed by atoms with van der Waals surface area (Å²) in [4.78, 5) is 7.87. The van der Waals surface area contributed by atoms with Crippen molar-refractivity contribution in [1.82, 2.24) is 14.5 Å². The lowest BCUT2D eigenvalue weighted by molar-refractivity contribution is -0.137. The number of aromatic nitrogens is 3. The average molecular weight is 488 g/mol. The van der Waals surface area contributed by atoms with Gasteiger partial charge in [-0.3, -0.25) is 9.55 Å². The molecule has 2 aromatic heterocycles. The normalized spacial score (nSPS) is 12.1. The fraction of sp³-hybridized carbons (Fsp3) is 0.167. The largest absolute Gasteiger partial charge is 0.496 e. The van der Waals surface area contributed by atoms with Crippen LogP contribution in [0, 0.1) is 6.92 Å². The predicted molar refractivity (Wildman–Crippen MR) is 122 cm³/mol. The number of benzene rings is 2. The lowest BCUT2D eigenvalue weighted by Crippen LogP contribution is -2.08. The van der Waals surface area contributed by atoms with Gasteiger partial charge in [-0.15, -0.1) is 0 Å². The third-order valence-electron chi connectivity index (χ3n) is 5.30. The maximum Gasteiger partial charge on any atom is 0.416 e. The van der Waals surface area contributed by atoms with Crippen LogP contribution in [0.25, 0.3) is 28.1 Å². The average Bonchev–Trinajstić information content (AvgIpc) is 3.27. The van der Waals surface area contributed by atoms with Crippen molar-refractivity contribution < 1.29 is 26.3 Å². The molecule has 10 heteroatoms. The number of aryl methyl sites for hydroxylation is 1. The van der Waals surface area contributed by atoms with E-state index in [4.69, 9.17) is 4.74 Å². The third kappa shape index (κ3) is 4.54. The summed E-state index contributed by atoms with van der Waals surface area (Å²) in [6.07, 6.45) is 2.12. The van der Waals surface area contributed by atoms with Gasteiger partial charge in [0.25, 0.3) is 0 Å². The lowest BCUT2D eigenvalue weighted by Gasteiger charge is -2.17. The zero-order chi connectivity index (χ0) is 24.7. The Labute approximate surface area is 194 Å². The van der Waals surface area contributed by atoms with E-state index >= 15 is 0 Å². The van der Waals surface area contributed by atoms with Gasteiger partial charge in [-0.05, 0) is 42.8 Å². The van der Waals surface area contributed by atoms with Crippen LogP contribution in [-0.2, 0) is 16.0 Å².